The SMILES string of the molecule is CC1(C)c2ccccc2N(CCC(=O)NCCN)C12C=Cc1cc([N+](=O)[O-])ccc1O2. The number of benzene rings is 2. The molecule has 2 aromatic carbocycles. The van der Waals surface area contributed by atoms with E-state index in [0.29, 0.717) is 30.9 Å². The largest absolute Gasteiger partial charge is 0.463 e. The third-order valence-electron chi connectivity index (χ3n) is 6.15. The minimum absolute atomic E-state index is 0.0188. The van der Waals surface area contributed by atoms with Crippen molar-refractivity contribution in [3.05, 3.63) is 69.8 Å². The molecule has 8 nitrogen and oxygen atoms in total. The molecule has 1 spiro atoms. The lowest BCUT2D eigenvalue weighted by Gasteiger charge is -2.47. The van der Waals surface area contributed by atoms with Gasteiger partial charge in [0.2, 0.25) is 11.6 Å². The molecule has 0 aliphatic carbocycles. The van der Waals surface area contributed by atoms with Gasteiger partial charge in [-0.3, -0.25) is 14.9 Å². The molecule has 31 heavy (non-hydrogen) atoms. The number of fused-ring (bicyclic) bond motifs is 2. The predicted molar refractivity (Wildman–Crippen MR) is 119 cm³/mol. The Labute approximate surface area is 180 Å². The van der Waals surface area contributed by atoms with Gasteiger partial charge in [0.1, 0.15) is 5.75 Å². The van der Waals surface area contributed by atoms with E-state index in [-0.39, 0.29) is 18.0 Å². The van der Waals surface area contributed by atoms with E-state index in [4.69, 9.17) is 10.5 Å². The van der Waals surface area contributed by atoms with Gasteiger partial charge in [-0.05, 0) is 43.7 Å². The van der Waals surface area contributed by atoms with Gasteiger partial charge in [0.15, 0.2) is 0 Å². The summed E-state index contributed by atoms with van der Waals surface area (Å²) >= 11 is 0. The lowest BCUT2D eigenvalue weighted by Crippen LogP contribution is -2.60. The second-order valence-corrected chi connectivity index (χ2v) is 8.29. The number of nitro benzene ring substituents is 1. The molecule has 2 aliphatic heterocycles. The predicted octanol–water partition coefficient (Wildman–Crippen LogP) is 2.96. The summed E-state index contributed by atoms with van der Waals surface area (Å²) in [6.45, 7) is 5.50. The van der Waals surface area contributed by atoms with Crippen LogP contribution in [0.15, 0.2) is 48.5 Å². The summed E-state index contributed by atoms with van der Waals surface area (Å²) in [4.78, 5) is 25.1. The molecular formula is C23H26N4O4. The number of ether oxygens (including phenoxy) is 1. The van der Waals surface area contributed by atoms with Crippen molar-refractivity contribution in [1.29, 1.82) is 0 Å². The molecule has 8 heteroatoms. The van der Waals surface area contributed by atoms with Crippen molar-refractivity contribution in [2.75, 3.05) is 24.5 Å². The molecule has 3 N–H and O–H groups in total. The van der Waals surface area contributed by atoms with Crippen LogP contribution in [0, 0.1) is 10.1 Å². The number of nitrogens with zero attached hydrogens (tertiary/aromatic N) is 2. The van der Waals surface area contributed by atoms with E-state index in [1.807, 2.05) is 30.4 Å². The highest BCUT2D eigenvalue weighted by Gasteiger charge is 2.58. The molecule has 1 amide bonds. The van der Waals surface area contributed by atoms with E-state index in [9.17, 15) is 14.9 Å². The maximum atomic E-state index is 12.3. The maximum Gasteiger partial charge on any atom is 0.270 e. The number of nitro groups is 1. The molecule has 1 atom stereocenters. The summed E-state index contributed by atoms with van der Waals surface area (Å²) in [5.74, 6) is 0.505. The van der Waals surface area contributed by atoms with Gasteiger partial charge in [-0.2, -0.15) is 0 Å². The summed E-state index contributed by atoms with van der Waals surface area (Å²) in [5.41, 5.74) is 6.98. The van der Waals surface area contributed by atoms with Crippen molar-refractivity contribution in [3.63, 3.8) is 0 Å². The molecule has 4 rings (SSSR count). The number of carbonyl (C=O) groups excluding carboxylic acids is 1. The van der Waals surface area contributed by atoms with Crippen LogP contribution in [0.2, 0.25) is 0 Å². The monoisotopic (exact) mass is 422 g/mol. The number of nitrogens with one attached hydrogen (secondary N) is 1. The van der Waals surface area contributed by atoms with Crippen LogP contribution in [-0.2, 0) is 10.2 Å². The van der Waals surface area contributed by atoms with E-state index in [1.165, 1.54) is 12.1 Å². The topological polar surface area (TPSA) is 111 Å². The highest BCUT2D eigenvalue weighted by atomic mass is 16.6. The Balaban J connectivity index is 1.73. The summed E-state index contributed by atoms with van der Waals surface area (Å²) in [5, 5.41) is 14.0. The van der Waals surface area contributed by atoms with Crippen molar-refractivity contribution < 1.29 is 14.5 Å². The molecule has 162 valence electrons. The Hall–Kier alpha value is -3.39. The molecule has 0 saturated carbocycles. The third kappa shape index (κ3) is 3.33. The van der Waals surface area contributed by atoms with Crippen molar-refractivity contribution >= 4 is 23.4 Å². The highest BCUT2D eigenvalue weighted by molar-refractivity contribution is 5.78. The lowest BCUT2D eigenvalue weighted by atomic mass is 9.76. The van der Waals surface area contributed by atoms with Crippen LogP contribution in [0.25, 0.3) is 6.08 Å². The Morgan fingerprint density at radius 2 is 2.03 bits per heavy atom. The van der Waals surface area contributed by atoms with Crippen molar-refractivity contribution in [1.82, 2.24) is 5.32 Å². The molecule has 0 fully saturated rings. The normalized spacial score (nSPS) is 20.2. The van der Waals surface area contributed by atoms with Crippen molar-refractivity contribution in [2.45, 2.75) is 31.4 Å². The summed E-state index contributed by atoms with van der Waals surface area (Å²) in [7, 11) is 0. The zero-order valence-corrected chi connectivity index (χ0v) is 17.6. The molecule has 0 saturated heterocycles. The smallest absolute Gasteiger partial charge is 0.270 e. The molecule has 1 unspecified atom stereocenters. The number of para-hydroxylation sites is 1. The van der Waals surface area contributed by atoms with E-state index < -0.39 is 16.1 Å². The number of nitrogens with two attached hydrogens (primary N) is 1. The fraction of sp³-hybridized carbons (Fsp3) is 0.348. The number of non-ortho nitro benzene ring substituents is 1. The Kier molecular flexibility index (Phi) is 5.18. The quantitative estimate of drug-likeness (QED) is 0.547. The van der Waals surface area contributed by atoms with E-state index >= 15 is 0 Å². The minimum Gasteiger partial charge on any atom is -0.463 e. The molecule has 0 radical (unpaired) electrons. The second kappa shape index (κ2) is 7.70. The van der Waals surface area contributed by atoms with E-state index in [0.717, 1.165) is 11.3 Å². The summed E-state index contributed by atoms with van der Waals surface area (Å²) < 4.78 is 6.60. The van der Waals surface area contributed by atoms with Crippen LogP contribution in [0.5, 0.6) is 5.75 Å². The van der Waals surface area contributed by atoms with Crippen LogP contribution in [0.1, 0.15) is 31.4 Å². The second-order valence-electron chi connectivity index (χ2n) is 8.29. The average molecular weight is 422 g/mol. The maximum absolute atomic E-state index is 12.3. The van der Waals surface area contributed by atoms with Gasteiger partial charge in [0, 0.05) is 49.4 Å². The van der Waals surface area contributed by atoms with Gasteiger partial charge in [0.05, 0.1) is 10.3 Å². The first-order valence-electron chi connectivity index (χ1n) is 10.3. The van der Waals surface area contributed by atoms with Crippen LogP contribution >= 0.6 is 0 Å². The first-order valence-corrected chi connectivity index (χ1v) is 10.3. The molecule has 2 aliphatic rings. The number of amides is 1. The van der Waals surface area contributed by atoms with Crippen LogP contribution in [-0.4, -0.2) is 36.2 Å². The number of carbonyl (C=O) groups is 1. The number of hydrogen-bond acceptors (Lipinski definition) is 6. The van der Waals surface area contributed by atoms with Gasteiger partial charge < -0.3 is 20.7 Å². The fourth-order valence-corrected chi connectivity index (χ4v) is 4.50. The van der Waals surface area contributed by atoms with Gasteiger partial charge in [0.25, 0.3) is 5.69 Å². The lowest BCUT2D eigenvalue weighted by molar-refractivity contribution is -0.384. The fourth-order valence-electron chi connectivity index (χ4n) is 4.50. The van der Waals surface area contributed by atoms with Crippen molar-refractivity contribution in [3.8, 4) is 5.75 Å². The van der Waals surface area contributed by atoms with Gasteiger partial charge >= 0.3 is 0 Å². The number of rotatable bonds is 6. The number of hydrogen-bond donors (Lipinski definition) is 2. The van der Waals surface area contributed by atoms with Gasteiger partial charge in [-0.25, -0.2) is 0 Å². The molecule has 0 aromatic heterocycles. The molecular weight excluding hydrogens is 396 g/mol. The Bertz CT molecular complexity index is 1070. The zero-order chi connectivity index (χ0) is 22.2. The third-order valence-corrected chi connectivity index (χ3v) is 6.15. The summed E-state index contributed by atoms with van der Waals surface area (Å²) in [6.07, 6.45) is 4.12. The van der Waals surface area contributed by atoms with Crippen molar-refractivity contribution in [2.24, 2.45) is 5.73 Å². The highest BCUT2D eigenvalue weighted by Crippen LogP contribution is 2.55. The van der Waals surface area contributed by atoms with Crippen LogP contribution < -0.4 is 20.7 Å². The van der Waals surface area contributed by atoms with Crippen LogP contribution in [0.3, 0.4) is 0 Å². The first kappa shape index (κ1) is 20.9. The Morgan fingerprint density at radius 3 is 2.77 bits per heavy atom. The minimum atomic E-state index is -0.867. The standard InChI is InChI=1S/C23H26N4O4/c1-22(2)18-5-3-4-6-19(18)26(14-10-21(28)25-13-12-24)23(22)11-9-16-15-17(27(29)30)7-8-20(16)31-23/h3-9,11,15H,10,12-14,24H2,1-2H3,(H,25,28). The molecule has 2 heterocycles. The molecule has 2 aromatic rings. The van der Waals surface area contributed by atoms with E-state index in [1.54, 1.807) is 6.07 Å². The average Bonchev–Trinajstić information content (AvgIpc) is 2.94. The first-order chi connectivity index (χ1) is 14.8. The zero-order valence-electron chi connectivity index (χ0n) is 17.6. The summed E-state index contributed by atoms with van der Waals surface area (Å²) in [6, 6.07) is 12.7. The van der Waals surface area contributed by atoms with E-state index in [2.05, 4.69) is 30.1 Å². The molecule has 0 bridgehead atoms. The number of anilines is 1. The van der Waals surface area contributed by atoms with Crippen LogP contribution in [0.4, 0.5) is 11.4 Å². The van der Waals surface area contributed by atoms with Gasteiger partial charge in [-0.15, -0.1) is 0 Å². The Morgan fingerprint density at radius 1 is 1.26 bits per heavy atom. The van der Waals surface area contributed by atoms with Gasteiger partial charge in [-0.1, -0.05) is 18.2 Å².